The minimum Gasteiger partial charge on any atom is -0.507 e. The first-order valence-corrected chi connectivity index (χ1v) is 11.3. The molecule has 2 atom stereocenters. The lowest BCUT2D eigenvalue weighted by molar-refractivity contribution is -0.0368. The van der Waals surface area contributed by atoms with Crippen LogP contribution in [0.15, 0.2) is 23.3 Å². The number of aromatic hydroxyl groups is 1. The standard InChI is InChI=1S/C25H40O3/c1-5-7-8-9-10-11-12-13-14-19-15-22(26)25-21(20(6-2)18(3)4)17-24(27)28-23(25)16-19/h15-16,21,24,26-27H,5-14,17H2,1-4H3. The number of unbranched alkanes of at least 4 members (excludes halogenated alkanes) is 7. The number of hydrogen-bond donors (Lipinski definition) is 2. The van der Waals surface area contributed by atoms with Crippen LogP contribution in [0.1, 0.15) is 109 Å². The molecule has 1 aromatic rings. The fraction of sp³-hybridized carbons (Fsp3) is 0.680. The second-order valence-corrected chi connectivity index (χ2v) is 8.49. The van der Waals surface area contributed by atoms with E-state index in [-0.39, 0.29) is 5.92 Å². The Labute approximate surface area is 171 Å². The van der Waals surface area contributed by atoms with Gasteiger partial charge in [0.2, 0.25) is 0 Å². The zero-order valence-corrected chi connectivity index (χ0v) is 18.4. The fourth-order valence-corrected chi connectivity index (χ4v) is 4.50. The molecule has 0 fully saturated rings. The van der Waals surface area contributed by atoms with Gasteiger partial charge in [0, 0.05) is 17.9 Å². The van der Waals surface area contributed by atoms with Crippen LogP contribution in [0.3, 0.4) is 0 Å². The molecule has 1 aliphatic heterocycles. The van der Waals surface area contributed by atoms with E-state index in [1.165, 1.54) is 56.1 Å². The summed E-state index contributed by atoms with van der Waals surface area (Å²) in [7, 11) is 0. The van der Waals surface area contributed by atoms with Crippen molar-refractivity contribution >= 4 is 0 Å². The number of rotatable bonds is 11. The molecule has 0 spiro atoms. The molecule has 0 aliphatic carbocycles. The number of phenols is 1. The summed E-state index contributed by atoms with van der Waals surface area (Å²) in [6.45, 7) is 8.60. The normalized spacial score (nSPS) is 18.5. The van der Waals surface area contributed by atoms with Gasteiger partial charge in [-0.05, 0) is 50.8 Å². The summed E-state index contributed by atoms with van der Waals surface area (Å²) < 4.78 is 5.71. The van der Waals surface area contributed by atoms with Gasteiger partial charge >= 0.3 is 0 Å². The Morgan fingerprint density at radius 3 is 2.25 bits per heavy atom. The highest BCUT2D eigenvalue weighted by Crippen LogP contribution is 2.47. The highest BCUT2D eigenvalue weighted by molar-refractivity contribution is 5.53. The lowest BCUT2D eigenvalue weighted by Crippen LogP contribution is -2.26. The summed E-state index contributed by atoms with van der Waals surface area (Å²) in [4.78, 5) is 0. The topological polar surface area (TPSA) is 49.7 Å². The number of benzene rings is 1. The third kappa shape index (κ3) is 6.27. The summed E-state index contributed by atoms with van der Waals surface area (Å²) in [6.07, 6.45) is 11.9. The van der Waals surface area contributed by atoms with Crippen molar-refractivity contribution in [3.8, 4) is 11.5 Å². The molecule has 0 radical (unpaired) electrons. The fourth-order valence-electron chi connectivity index (χ4n) is 4.50. The zero-order chi connectivity index (χ0) is 20.5. The first kappa shape index (κ1) is 22.8. The van der Waals surface area contributed by atoms with E-state index in [0.29, 0.717) is 17.9 Å². The maximum atomic E-state index is 10.8. The van der Waals surface area contributed by atoms with Crippen LogP contribution in [-0.2, 0) is 6.42 Å². The monoisotopic (exact) mass is 388 g/mol. The first-order chi connectivity index (χ1) is 13.5. The van der Waals surface area contributed by atoms with Crippen molar-refractivity contribution in [1.82, 2.24) is 0 Å². The van der Waals surface area contributed by atoms with E-state index in [2.05, 4.69) is 27.7 Å². The van der Waals surface area contributed by atoms with E-state index < -0.39 is 6.29 Å². The molecule has 0 saturated carbocycles. The van der Waals surface area contributed by atoms with Crippen molar-refractivity contribution < 1.29 is 14.9 Å². The number of aliphatic hydroxyl groups is 1. The minimum atomic E-state index is -0.809. The third-order valence-electron chi connectivity index (χ3n) is 5.99. The van der Waals surface area contributed by atoms with Crippen LogP contribution in [0.5, 0.6) is 11.5 Å². The molecule has 1 heterocycles. The number of ether oxygens (including phenoxy) is 1. The van der Waals surface area contributed by atoms with Gasteiger partial charge in [-0.25, -0.2) is 0 Å². The highest BCUT2D eigenvalue weighted by atomic mass is 16.6. The number of phenolic OH excluding ortho intramolecular Hbond substituents is 1. The summed E-state index contributed by atoms with van der Waals surface area (Å²) in [6, 6.07) is 3.94. The van der Waals surface area contributed by atoms with Crippen LogP contribution in [-0.4, -0.2) is 16.5 Å². The quantitative estimate of drug-likeness (QED) is 0.317. The maximum absolute atomic E-state index is 10.8. The predicted octanol–water partition coefficient (Wildman–Crippen LogP) is 7.01. The van der Waals surface area contributed by atoms with Crippen LogP contribution in [0.4, 0.5) is 0 Å². The lowest BCUT2D eigenvalue weighted by atomic mass is 9.81. The van der Waals surface area contributed by atoms with E-state index in [1.807, 2.05) is 12.1 Å². The van der Waals surface area contributed by atoms with E-state index in [1.54, 1.807) is 0 Å². The summed E-state index contributed by atoms with van der Waals surface area (Å²) in [5.41, 5.74) is 4.50. The van der Waals surface area contributed by atoms with Gasteiger partial charge in [0.1, 0.15) is 11.5 Å². The van der Waals surface area contributed by atoms with Gasteiger partial charge in [0.25, 0.3) is 0 Å². The van der Waals surface area contributed by atoms with Crippen LogP contribution in [0, 0.1) is 0 Å². The molecular weight excluding hydrogens is 348 g/mol. The Morgan fingerprint density at radius 2 is 1.64 bits per heavy atom. The number of aryl methyl sites for hydroxylation is 1. The molecule has 2 N–H and O–H groups in total. The Bertz CT molecular complexity index is 643. The van der Waals surface area contributed by atoms with E-state index in [4.69, 9.17) is 4.74 Å². The molecule has 0 aromatic heterocycles. The molecule has 0 saturated heterocycles. The molecule has 1 aromatic carbocycles. The Kier molecular flexibility index (Phi) is 9.37. The molecule has 3 nitrogen and oxygen atoms in total. The van der Waals surface area contributed by atoms with Crippen molar-refractivity contribution in [3.63, 3.8) is 0 Å². The lowest BCUT2D eigenvalue weighted by Gasteiger charge is -2.32. The SMILES string of the molecule is CCCCCCCCCCc1cc(O)c2c(c1)OC(O)CC2C(CC)=C(C)C. The smallest absolute Gasteiger partial charge is 0.198 e. The molecule has 158 valence electrons. The van der Waals surface area contributed by atoms with Crippen molar-refractivity contribution in [2.45, 2.75) is 111 Å². The third-order valence-corrected chi connectivity index (χ3v) is 5.99. The molecular formula is C25H40O3. The van der Waals surface area contributed by atoms with Crippen molar-refractivity contribution in [3.05, 3.63) is 34.4 Å². The van der Waals surface area contributed by atoms with Crippen molar-refractivity contribution in [2.24, 2.45) is 0 Å². The average Bonchev–Trinajstić information content (AvgIpc) is 2.63. The summed E-state index contributed by atoms with van der Waals surface area (Å²) >= 11 is 0. The number of allylic oxidation sites excluding steroid dienone is 2. The Balaban J connectivity index is 2.01. The van der Waals surface area contributed by atoms with Gasteiger partial charge in [-0.15, -0.1) is 0 Å². The zero-order valence-electron chi connectivity index (χ0n) is 18.4. The van der Waals surface area contributed by atoms with Crippen LogP contribution < -0.4 is 4.74 Å². The first-order valence-electron chi connectivity index (χ1n) is 11.3. The van der Waals surface area contributed by atoms with Crippen molar-refractivity contribution in [1.29, 1.82) is 0 Å². The maximum Gasteiger partial charge on any atom is 0.198 e. The Hall–Kier alpha value is -1.48. The van der Waals surface area contributed by atoms with Gasteiger partial charge in [-0.3, -0.25) is 0 Å². The van der Waals surface area contributed by atoms with Crippen LogP contribution >= 0.6 is 0 Å². The number of hydrogen-bond acceptors (Lipinski definition) is 3. The molecule has 1 aliphatic rings. The van der Waals surface area contributed by atoms with Crippen molar-refractivity contribution in [2.75, 3.05) is 0 Å². The highest BCUT2D eigenvalue weighted by Gasteiger charge is 2.32. The van der Waals surface area contributed by atoms with Crippen LogP contribution in [0.25, 0.3) is 0 Å². The molecule has 2 rings (SSSR count). The van der Waals surface area contributed by atoms with Gasteiger partial charge < -0.3 is 14.9 Å². The van der Waals surface area contributed by atoms with Gasteiger partial charge in [0.05, 0.1) is 0 Å². The second kappa shape index (κ2) is 11.5. The summed E-state index contributed by atoms with van der Waals surface area (Å²) in [5, 5.41) is 21.0. The van der Waals surface area contributed by atoms with Gasteiger partial charge in [0.15, 0.2) is 6.29 Å². The Morgan fingerprint density at radius 1 is 1.00 bits per heavy atom. The molecule has 0 amide bonds. The molecule has 2 unspecified atom stereocenters. The van der Waals surface area contributed by atoms with Crippen LogP contribution in [0.2, 0.25) is 0 Å². The van der Waals surface area contributed by atoms with E-state index in [0.717, 1.165) is 30.4 Å². The largest absolute Gasteiger partial charge is 0.507 e. The summed E-state index contributed by atoms with van der Waals surface area (Å²) in [5.74, 6) is 1.01. The molecule has 3 heteroatoms. The number of aliphatic hydroxyl groups excluding tert-OH is 1. The predicted molar refractivity (Wildman–Crippen MR) is 117 cm³/mol. The number of fused-ring (bicyclic) bond motifs is 1. The van der Waals surface area contributed by atoms with Gasteiger partial charge in [-0.2, -0.15) is 0 Å². The van der Waals surface area contributed by atoms with E-state index in [9.17, 15) is 10.2 Å². The minimum absolute atomic E-state index is 0.0333. The van der Waals surface area contributed by atoms with Gasteiger partial charge in [-0.1, -0.05) is 69.9 Å². The molecule has 0 bridgehead atoms. The molecule has 28 heavy (non-hydrogen) atoms. The second-order valence-electron chi connectivity index (χ2n) is 8.49. The average molecular weight is 389 g/mol. The van der Waals surface area contributed by atoms with E-state index >= 15 is 0 Å².